The highest BCUT2D eigenvalue weighted by molar-refractivity contribution is 5.59. The summed E-state index contributed by atoms with van der Waals surface area (Å²) in [6.07, 6.45) is 3.49. The third kappa shape index (κ3) is 5.91. The summed E-state index contributed by atoms with van der Waals surface area (Å²) in [7, 11) is 1.49. The van der Waals surface area contributed by atoms with Crippen LogP contribution in [0.5, 0.6) is 11.5 Å². The van der Waals surface area contributed by atoms with E-state index in [0.29, 0.717) is 49.5 Å². The smallest absolute Gasteiger partial charge is 0.197 e. The van der Waals surface area contributed by atoms with Gasteiger partial charge >= 0.3 is 0 Å². The van der Waals surface area contributed by atoms with Gasteiger partial charge in [0.15, 0.2) is 17.3 Å². The fourth-order valence-corrected chi connectivity index (χ4v) is 4.49. The van der Waals surface area contributed by atoms with Crippen molar-refractivity contribution < 1.29 is 23.0 Å². The second kappa shape index (κ2) is 11.7. The number of methoxy groups -OCH3 is 1. The number of rotatable bonds is 11. The average Bonchev–Trinajstić information content (AvgIpc) is 2.88. The lowest BCUT2D eigenvalue weighted by Gasteiger charge is -2.32. The third-order valence-corrected chi connectivity index (χ3v) is 6.27. The summed E-state index contributed by atoms with van der Waals surface area (Å²) in [5, 5.41) is 3.33. The number of hydrogen-bond donors (Lipinski definition) is 1. The van der Waals surface area contributed by atoms with Crippen LogP contribution in [0.1, 0.15) is 29.5 Å². The van der Waals surface area contributed by atoms with Crippen LogP contribution < -0.4 is 19.7 Å². The third-order valence-electron chi connectivity index (χ3n) is 6.27. The van der Waals surface area contributed by atoms with E-state index in [-0.39, 0.29) is 11.6 Å². The fourth-order valence-electron chi connectivity index (χ4n) is 4.49. The molecule has 0 bridgehead atoms. The number of fused-ring (bicyclic) bond motifs is 1. The van der Waals surface area contributed by atoms with E-state index >= 15 is 0 Å². The van der Waals surface area contributed by atoms with Crippen LogP contribution >= 0.6 is 0 Å². The highest BCUT2D eigenvalue weighted by Crippen LogP contribution is 2.32. The molecule has 3 aromatic carbocycles. The maximum Gasteiger partial charge on any atom is 0.197 e. The maximum absolute atomic E-state index is 14.3. The summed E-state index contributed by atoms with van der Waals surface area (Å²) in [6, 6.07) is 15.9. The molecule has 3 aromatic rings. The topological polar surface area (TPSA) is 50.8 Å². The fraction of sp³-hybridized carbons (Fsp3) is 0.321. The van der Waals surface area contributed by atoms with Crippen LogP contribution in [-0.2, 0) is 24.2 Å². The molecule has 0 aliphatic carbocycles. The molecule has 0 atom stereocenters. The highest BCUT2D eigenvalue weighted by Gasteiger charge is 2.20. The van der Waals surface area contributed by atoms with Gasteiger partial charge in [0, 0.05) is 30.9 Å². The molecule has 184 valence electrons. The molecule has 0 fully saturated rings. The normalized spacial score (nSPS) is 12.7. The Kier molecular flexibility index (Phi) is 8.19. The molecule has 0 aromatic heterocycles. The van der Waals surface area contributed by atoms with Crippen LogP contribution in [0.25, 0.3) is 0 Å². The summed E-state index contributed by atoms with van der Waals surface area (Å²) in [5.41, 5.74) is 4.82. The number of carbonyl (C=O) groups excluding carboxylic acids is 1. The molecule has 1 N–H and O–H groups in total. The Morgan fingerprint density at radius 1 is 1.06 bits per heavy atom. The summed E-state index contributed by atoms with van der Waals surface area (Å²) in [5.74, 6) is -0.227. The van der Waals surface area contributed by atoms with Gasteiger partial charge in [-0.1, -0.05) is 24.3 Å². The molecule has 7 heteroatoms. The van der Waals surface area contributed by atoms with Crippen LogP contribution in [0.3, 0.4) is 0 Å². The predicted molar refractivity (Wildman–Crippen MR) is 134 cm³/mol. The Labute approximate surface area is 204 Å². The van der Waals surface area contributed by atoms with Crippen molar-refractivity contribution >= 4 is 17.7 Å². The first-order valence-corrected chi connectivity index (χ1v) is 11.9. The molecule has 1 heterocycles. The average molecular weight is 481 g/mol. The molecule has 0 amide bonds. The Hall–Kier alpha value is -3.61. The molecule has 4 rings (SSSR count). The molecular formula is C28H30F2N2O3. The Morgan fingerprint density at radius 3 is 2.71 bits per heavy atom. The zero-order valence-corrected chi connectivity index (χ0v) is 19.9. The zero-order chi connectivity index (χ0) is 24.6. The van der Waals surface area contributed by atoms with E-state index in [1.54, 1.807) is 18.2 Å². The lowest BCUT2D eigenvalue weighted by Crippen LogP contribution is -2.33. The summed E-state index contributed by atoms with van der Waals surface area (Å²) >= 11 is 0. The first-order valence-electron chi connectivity index (χ1n) is 11.9. The lowest BCUT2D eigenvalue weighted by molar-refractivity contribution is -0.107. The maximum atomic E-state index is 14.3. The molecule has 0 saturated carbocycles. The molecule has 1 aliphatic heterocycles. The van der Waals surface area contributed by atoms with Gasteiger partial charge in [0.25, 0.3) is 0 Å². The molecule has 0 radical (unpaired) electrons. The second-order valence-electron chi connectivity index (χ2n) is 8.49. The first-order chi connectivity index (χ1) is 17.1. The molecule has 35 heavy (non-hydrogen) atoms. The van der Waals surface area contributed by atoms with E-state index in [9.17, 15) is 13.6 Å². The summed E-state index contributed by atoms with van der Waals surface area (Å²) < 4.78 is 39.5. The molecule has 0 unspecified atom stereocenters. The number of aryl methyl sites for hydroxylation is 1. The minimum Gasteiger partial charge on any atom is -0.493 e. The van der Waals surface area contributed by atoms with Gasteiger partial charge in [-0.15, -0.1) is 0 Å². The van der Waals surface area contributed by atoms with Crippen molar-refractivity contribution in [2.45, 2.75) is 32.2 Å². The number of para-hydroxylation sites is 1. The van der Waals surface area contributed by atoms with Crippen LogP contribution in [-0.4, -0.2) is 33.1 Å². The monoisotopic (exact) mass is 480 g/mol. The van der Waals surface area contributed by atoms with E-state index in [1.807, 2.05) is 12.1 Å². The summed E-state index contributed by atoms with van der Waals surface area (Å²) in [4.78, 5) is 12.8. The van der Waals surface area contributed by atoms with Crippen molar-refractivity contribution in [1.29, 1.82) is 0 Å². The number of hydrogen-bond acceptors (Lipinski definition) is 5. The number of carbonyl (C=O) groups is 1. The van der Waals surface area contributed by atoms with Gasteiger partial charge < -0.3 is 24.5 Å². The quantitative estimate of drug-likeness (QED) is 0.365. The number of ether oxygens (including phenoxy) is 2. The van der Waals surface area contributed by atoms with E-state index < -0.39 is 5.82 Å². The largest absolute Gasteiger partial charge is 0.493 e. The minimum absolute atomic E-state index is 0.134. The number of nitrogens with one attached hydrogen (secondary N) is 1. The van der Waals surface area contributed by atoms with E-state index in [4.69, 9.17) is 9.47 Å². The molecular weight excluding hydrogens is 450 g/mol. The molecule has 0 saturated heterocycles. The van der Waals surface area contributed by atoms with Crippen molar-refractivity contribution in [3.05, 3.63) is 82.9 Å². The zero-order valence-electron chi connectivity index (χ0n) is 19.9. The SMILES string of the molecule is COc1cccc(F)c1OCCN1CCCc2c(CNc3ccc(CCC=O)c(F)c3)cccc21. The number of anilines is 2. The molecule has 1 aliphatic rings. The van der Waals surface area contributed by atoms with Crippen molar-refractivity contribution in [2.75, 3.05) is 37.0 Å². The Bertz CT molecular complexity index is 1170. The van der Waals surface area contributed by atoms with Crippen LogP contribution in [0.2, 0.25) is 0 Å². The van der Waals surface area contributed by atoms with Crippen molar-refractivity contribution in [3.8, 4) is 11.5 Å². The van der Waals surface area contributed by atoms with E-state index in [0.717, 1.165) is 36.9 Å². The van der Waals surface area contributed by atoms with Crippen molar-refractivity contribution in [2.24, 2.45) is 0 Å². The Balaban J connectivity index is 1.40. The van der Waals surface area contributed by atoms with Gasteiger partial charge in [0.1, 0.15) is 18.7 Å². The summed E-state index contributed by atoms with van der Waals surface area (Å²) in [6.45, 7) is 2.42. The van der Waals surface area contributed by atoms with Crippen molar-refractivity contribution in [1.82, 2.24) is 0 Å². The van der Waals surface area contributed by atoms with Crippen LogP contribution in [0.4, 0.5) is 20.2 Å². The number of nitrogens with zero attached hydrogens (tertiary/aromatic N) is 1. The van der Waals surface area contributed by atoms with Gasteiger partial charge in [-0.25, -0.2) is 8.78 Å². The predicted octanol–water partition coefficient (Wildman–Crippen LogP) is 5.55. The molecule has 0 spiro atoms. The lowest BCUT2D eigenvalue weighted by atomic mass is 9.96. The number of aldehydes is 1. The Morgan fingerprint density at radius 2 is 1.91 bits per heavy atom. The highest BCUT2D eigenvalue weighted by atomic mass is 19.1. The van der Waals surface area contributed by atoms with E-state index in [1.165, 1.54) is 24.8 Å². The van der Waals surface area contributed by atoms with Crippen LogP contribution in [0.15, 0.2) is 54.6 Å². The second-order valence-corrected chi connectivity index (χ2v) is 8.49. The van der Waals surface area contributed by atoms with Gasteiger partial charge in [0.2, 0.25) is 0 Å². The standard InChI is InChI=1S/C28H30F2N2O3/c1-34-27-11-3-9-24(29)28(27)35-17-15-32-14-4-8-23-21(6-2-10-26(23)32)19-31-22-13-12-20(7-5-16-33)25(30)18-22/h2-3,6,9-13,16,18,31H,4-5,7-8,14-15,17,19H2,1H3. The van der Waals surface area contributed by atoms with Gasteiger partial charge in [-0.05, 0) is 66.3 Å². The van der Waals surface area contributed by atoms with Gasteiger partial charge in [0.05, 0.1) is 13.7 Å². The van der Waals surface area contributed by atoms with Crippen LogP contribution in [0, 0.1) is 11.6 Å². The minimum atomic E-state index is -0.440. The first kappa shape index (κ1) is 24.5. The van der Waals surface area contributed by atoms with E-state index in [2.05, 4.69) is 22.3 Å². The molecule has 5 nitrogen and oxygen atoms in total. The number of benzene rings is 3. The van der Waals surface area contributed by atoms with Gasteiger partial charge in [-0.3, -0.25) is 0 Å². The van der Waals surface area contributed by atoms with Gasteiger partial charge in [-0.2, -0.15) is 0 Å². The van der Waals surface area contributed by atoms with Crippen molar-refractivity contribution in [3.63, 3.8) is 0 Å². The number of halogens is 2.